The zero-order chi connectivity index (χ0) is 12.2. The Balaban J connectivity index is 2.61. The van der Waals surface area contributed by atoms with Crippen LogP contribution < -0.4 is 10.5 Å². The van der Waals surface area contributed by atoms with E-state index in [1.165, 1.54) is 7.11 Å². The third kappa shape index (κ3) is 3.15. The van der Waals surface area contributed by atoms with Crippen LogP contribution in [0.3, 0.4) is 0 Å². The summed E-state index contributed by atoms with van der Waals surface area (Å²) in [5.74, 6) is 0.355. The average Bonchev–Trinajstić information content (AvgIpc) is 2.25. The van der Waals surface area contributed by atoms with Crippen molar-refractivity contribution >= 4 is 11.7 Å². The van der Waals surface area contributed by atoms with Crippen molar-refractivity contribution in [1.29, 1.82) is 0 Å². The summed E-state index contributed by atoms with van der Waals surface area (Å²) in [5.41, 5.74) is 5.58. The largest absolute Gasteiger partial charge is 0.492 e. The van der Waals surface area contributed by atoms with E-state index in [9.17, 15) is 4.79 Å². The molecule has 0 amide bonds. The van der Waals surface area contributed by atoms with Crippen molar-refractivity contribution in [2.45, 2.75) is 13.8 Å². The molecule has 0 atom stereocenters. The van der Waals surface area contributed by atoms with Gasteiger partial charge in [-0.1, -0.05) is 6.07 Å². The smallest absolute Gasteiger partial charge is 0.314 e. The second-order valence-corrected chi connectivity index (χ2v) is 4.24. The van der Waals surface area contributed by atoms with Crippen LogP contribution in [-0.4, -0.2) is 19.7 Å². The third-order valence-corrected chi connectivity index (χ3v) is 2.20. The maximum atomic E-state index is 11.4. The molecule has 2 N–H and O–H groups in total. The van der Waals surface area contributed by atoms with Crippen molar-refractivity contribution in [2.24, 2.45) is 5.41 Å². The zero-order valence-corrected chi connectivity index (χ0v) is 9.82. The number of hydrogen-bond donors (Lipinski definition) is 1. The molecule has 0 saturated carbocycles. The Morgan fingerprint density at radius 1 is 1.44 bits per heavy atom. The predicted molar refractivity (Wildman–Crippen MR) is 62.1 cm³/mol. The standard InChI is InChI=1S/C12H17NO3/c1-12(2,11(14)15-3)8-16-10-6-4-5-9(13)7-10/h4-7H,8,13H2,1-3H3. The van der Waals surface area contributed by atoms with Crippen LogP contribution in [0.4, 0.5) is 5.69 Å². The number of nitrogen functional groups attached to an aromatic ring is 1. The number of rotatable bonds is 4. The second kappa shape index (κ2) is 4.88. The van der Waals surface area contributed by atoms with Crippen LogP contribution in [0.1, 0.15) is 13.8 Å². The van der Waals surface area contributed by atoms with E-state index in [2.05, 4.69) is 4.74 Å². The van der Waals surface area contributed by atoms with E-state index in [1.54, 1.807) is 38.1 Å². The van der Waals surface area contributed by atoms with Crippen molar-refractivity contribution in [1.82, 2.24) is 0 Å². The number of esters is 1. The van der Waals surface area contributed by atoms with Crippen LogP contribution in [0.25, 0.3) is 0 Å². The Labute approximate surface area is 95.3 Å². The highest BCUT2D eigenvalue weighted by Gasteiger charge is 2.29. The Kier molecular flexibility index (Phi) is 3.77. The van der Waals surface area contributed by atoms with Gasteiger partial charge in [-0.25, -0.2) is 0 Å². The third-order valence-electron chi connectivity index (χ3n) is 2.20. The Morgan fingerprint density at radius 3 is 2.69 bits per heavy atom. The van der Waals surface area contributed by atoms with E-state index in [1.807, 2.05) is 0 Å². The van der Waals surface area contributed by atoms with Gasteiger partial charge in [0.25, 0.3) is 0 Å². The van der Waals surface area contributed by atoms with Crippen molar-refractivity contribution in [3.63, 3.8) is 0 Å². The lowest BCUT2D eigenvalue weighted by molar-refractivity contribution is -0.152. The summed E-state index contributed by atoms with van der Waals surface area (Å²) in [5, 5.41) is 0. The highest BCUT2D eigenvalue weighted by Crippen LogP contribution is 2.21. The molecule has 0 fully saturated rings. The lowest BCUT2D eigenvalue weighted by Crippen LogP contribution is -2.32. The van der Waals surface area contributed by atoms with Gasteiger partial charge in [-0.2, -0.15) is 0 Å². The van der Waals surface area contributed by atoms with Gasteiger partial charge < -0.3 is 15.2 Å². The maximum absolute atomic E-state index is 11.4. The SMILES string of the molecule is COC(=O)C(C)(C)COc1cccc(N)c1. The molecule has 0 aromatic heterocycles. The van der Waals surface area contributed by atoms with Crippen LogP contribution in [-0.2, 0) is 9.53 Å². The van der Waals surface area contributed by atoms with Crippen molar-refractivity contribution in [3.8, 4) is 5.75 Å². The molecule has 0 heterocycles. The number of nitrogens with two attached hydrogens (primary N) is 1. The van der Waals surface area contributed by atoms with E-state index in [-0.39, 0.29) is 12.6 Å². The van der Waals surface area contributed by atoms with Crippen LogP contribution in [0.2, 0.25) is 0 Å². The van der Waals surface area contributed by atoms with Crippen LogP contribution in [0.5, 0.6) is 5.75 Å². The predicted octanol–water partition coefficient (Wildman–Crippen LogP) is 1.85. The zero-order valence-electron chi connectivity index (χ0n) is 9.82. The van der Waals surface area contributed by atoms with Gasteiger partial charge in [-0.3, -0.25) is 4.79 Å². The first-order valence-electron chi connectivity index (χ1n) is 5.02. The molecule has 0 spiro atoms. The summed E-state index contributed by atoms with van der Waals surface area (Å²) in [6, 6.07) is 7.09. The first kappa shape index (κ1) is 12.4. The summed E-state index contributed by atoms with van der Waals surface area (Å²) in [6.07, 6.45) is 0. The lowest BCUT2D eigenvalue weighted by Gasteiger charge is -2.21. The summed E-state index contributed by atoms with van der Waals surface area (Å²) < 4.78 is 10.2. The summed E-state index contributed by atoms with van der Waals surface area (Å²) in [4.78, 5) is 11.4. The quantitative estimate of drug-likeness (QED) is 0.625. The van der Waals surface area contributed by atoms with E-state index < -0.39 is 5.41 Å². The molecule has 0 aliphatic carbocycles. The summed E-state index contributed by atoms with van der Waals surface area (Å²) in [7, 11) is 1.37. The first-order valence-corrected chi connectivity index (χ1v) is 5.02. The van der Waals surface area contributed by atoms with Crippen molar-refractivity contribution < 1.29 is 14.3 Å². The number of anilines is 1. The maximum Gasteiger partial charge on any atom is 0.314 e. The fraction of sp³-hybridized carbons (Fsp3) is 0.417. The average molecular weight is 223 g/mol. The molecule has 0 saturated heterocycles. The van der Waals surface area contributed by atoms with Gasteiger partial charge in [-0.15, -0.1) is 0 Å². The van der Waals surface area contributed by atoms with Gasteiger partial charge in [0.1, 0.15) is 12.4 Å². The minimum absolute atomic E-state index is 0.253. The molecule has 1 rings (SSSR count). The Hall–Kier alpha value is -1.71. The number of methoxy groups -OCH3 is 1. The molecular weight excluding hydrogens is 206 g/mol. The van der Waals surface area contributed by atoms with Crippen LogP contribution in [0.15, 0.2) is 24.3 Å². The monoisotopic (exact) mass is 223 g/mol. The van der Waals surface area contributed by atoms with Gasteiger partial charge in [0.05, 0.1) is 12.5 Å². The number of hydrogen-bond acceptors (Lipinski definition) is 4. The van der Waals surface area contributed by atoms with Crippen molar-refractivity contribution in [3.05, 3.63) is 24.3 Å². The highest BCUT2D eigenvalue weighted by molar-refractivity contribution is 5.75. The Bertz CT molecular complexity index is 374. The Morgan fingerprint density at radius 2 is 2.12 bits per heavy atom. The van der Waals surface area contributed by atoms with Crippen molar-refractivity contribution in [2.75, 3.05) is 19.5 Å². The molecule has 1 aromatic carbocycles. The van der Waals surface area contributed by atoms with Gasteiger partial charge >= 0.3 is 5.97 Å². The molecule has 0 bridgehead atoms. The number of carbonyl (C=O) groups is 1. The first-order chi connectivity index (χ1) is 7.45. The molecule has 4 nitrogen and oxygen atoms in total. The van der Waals surface area contributed by atoms with E-state index in [0.717, 1.165) is 0 Å². The minimum Gasteiger partial charge on any atom is -0.492 e. The number of carbonyl (C=O) groups excluding carboxylic acids is 1. The van der Waals surface area contributed by atoms with E-state index in [4.69, 9.17) is 10.5 Å². The second-order valence-electron chi connectivity index (χ2n) is 4.24. The molecule has 88 valence electrons. The van der Waals surface area contributed by atoms with Gasteiger partial charge in [0.2, 0.25) is 0 Å². The van der Waals surface area contributed by atoms with E-state index >= 15 is 0 Å². The molecular formula is C12H17NO3. The molecule has 0 aliphatic rings. The molecule has 1 aromatic rings. The molecule has 16 heavy (non-hydrogen) atoms. The fourth-order valence-corrected chi connectivity index (χ4v) is 1.20. The van der Waals surface area contributed by atoms with Gasteiger partial charge in [0, 0.05) is 11.8 Å². The number of benzene rings is 1. The van der Waals surface area contributed by atoms with Crippen LogP contribution in [0, 0.1) is 5.41 Å². The molecule has 0 radical (unpaired) electrons. The van der Waals surface area contributed by atoms with Gasteiger partial charge in [-0.05, 0) is 26.0 Å². The normalized spacial score (nSPS) is 10.9. The topological polar surface area (TPSA) is 61.5 Å². The highest BCUT2D eigenvalue weighted by atomic mass is 16.5. The number of ether oxygens (including phenoxy) is 2. The van der Waals surface area contributed by atoms with E-state index in [0.29, 0.717) is 11.4 Å². The fourth-order valence-electron chi connectivity index (χ4n) is 1.20. The lowest BCUT2D eigenvalue weighted by atomic mass is 9.95. The van der Waals surface area contributed by atoms with Crippen LogP contribution >= 0.6 is 0 Å². The molecule has 0 aliphatic heterocycles. The van der Waals surface area contributed by atoms with Gasteiger partial charge in [0.15, 0.2) is 0 Å². The molecule has 4 heteroatoms. The summed E-state index contributed by atoms with van der Waals surface area (Å²) >= 11 is 0. The minimum atomic E-state index is -0.667. The summed E-state index contributed by atoms with van der Waals surface area (Å²) in [6.45, 7) is 3.79. The molecule has 0 unspecified atom stereocenters.